The summed E-state index contributed by atoms with van der Waals surface area (Å²) < 4.78 is 0. The fourth-order valence-corrected chi connectivity index (χ4v) is 3.31. The zero-order valence-corrected chi connectivity index (χ0v) is 17.5. The van der Waals surface area contributed by atoms with Crippen molar-refractivity contribution >= 4 is 23.2 Å². The number of benzene rings is 1. The lowest BCUT2D eigenvalue weighted by atomic mass is 10.2. The Labute approximate surface area is 164 Å². The van der Waals surface area contributed by atoms with E-state index >= 15 is 0 Å². The molecule has 0 aromatic heterocycles. The van der Waals surface area contributed by atoms with Gasteiger partial charge in [0.2, 0.25) is 0 Å². The number of hydrogen-bond acceptors (Lipinski definition) is 3. The van der Waals surface area contributed by atoms with E-state index in [0.717, 1.165) is 50.3 Å². The molecule has 1 saturated heterocycles. The van der Waals surface area contributed by atoms with Crippen molar-refractivity contribution in [1.82, 2.24) is 15.1 Å². The zero-order valence-electron chi connectivity index (χ0n) is 16.7. The first-order valence-corrected chi connectivity index (χ1v) is 10.1. The number of hydrogen-bond donors (Lipinski definition) is 1. The Morgan fingerprint density at radius 2 is 1.96 bits per heavy atom. The number of guanidine groups is 1. The van der Waals surface area contributed by atoms with Crippen LogP contribution in [0.25, 0.3) is 0 Å². The second-order valence-corrected chi connectivity index (χ2v) is 7.65. The standard InChI is InChI=1S/C20H34ClN5/c1-17(2)24(4)11-6-5-10-23-20(22-3)26-14-12-25(13-15-26)19-9-7-8-18(21)16-19/h7-9,16-17H,5-6,10-15H2,1-4H3,(H,22,23). The number of rotatable bonds is 7. The number of nitrogens with zero attached hydrogens (tertiary/aromatic N) is 4. The van der Waals surface area contributed by atoms with Gasteiger partial charge in [-0.1, -0.05) is 17.7 Å². The fourth-order valence-electron chi connectivity index (χ4n) is 3.13. The third kappa shape index (κ3) is 6.36. The van der Waals surface area contributed by atoms with E-state index in [-0.39, 0.29) is 0 Å². The van der Waals surface area contributed by atoms with E-state index in [1.165, 1.54) is 18.5 Å². The van der Waals surface area contributed by atoms with E-state index in [2.05, 4.69) is 52.0 Å². The van der Waals surface area contributed by atoms with Crippen molar-refractivity contribution in [2.24, 2.45) is 4.99 Å². The molecule has 1 aliphatic rings. The first-order valence-electron chi connectivity index (χ1n) is 9.67. The third-order valence-electron chi connectivity index (χ3n) is 5.07. The van der Waals surface area contributed by atoms with Crippen molar-refractivity contribution < 1.29 is 0 Å². The number of aliphatic imine (C=N–C) groups is 1. The van der Waals surface area contributed by atoms with Crippen molar-refractivity contribution in [2.75, 3.05) is 58.3 Å². The van der Waals surface area contributed by atoms with E-state index in [0.29, 0.717) is 6.04 Å². The molecule has 1 fully saturated rings. The summed E-state index contributed by atoms with van der Waals surface area (Å²) in [5, 5.41) is 4.32. The Kier molecular flexibility index (Phi) is 8.52. The lowest BCUT2D eigenvalue weighted by molar-refractivity contribution is 0.268. The number of halogens is 1. The van der Waals surface area contributed by atoms with Crippen LogP contribution in [0.1, 0.15) is 26.7 Å². The van der Waals surface area contributed by atoms with Gasteiger partial charge in [0.1, 0.15) is 0 Å². The Hall–Kier alpha value is -1.46. The minimum atomic E-state index is 0.617. The first kappa shape index (κ1) is 20.8. The summed E-state index contributed by atoms with van der Waals surface area (Å²) in [7, 11) is 4.06. The van der Waals surface area contributed by atoms with Crippen molar-refractivity contribution in [3.63, 3.8) is 0 Å². The SMILES string of the molecule is CN=C(NCCCCN(C)C(C)C)N1CCN(c2cccc(Cl)c2)CC1. The molecule has 5 nitrogen and oxygen atoms in total. The Morgan fingerprint density at radius 1 is 1.23 bits per heavy atom. The maximum atomic E-state index is 6.12. The second-order valence-electron chi connectivity index (χ2n) is 7.21. The summed E-state index contributed by atoms with van der Waals surface area (Å²) in [5.74, 6) is 1.02. The number of anilines is 1. The smallest absolute Gasteiger partial charge is 0.193 e. The Bertz CT molecular complexity index is 567. The summed E-state index contributed by atoms with van der Waals surface area (Å²) in [6.45, 7) is 10.5. The van der Waals surface area contributed by atoms with Gasteiger partial charge in [-0.05, 0) is 58.5 Å². The zero-order chi connectivity index (χ0) is 18.9. The van der Waals surface area contributed by atoms with Crippen LogP contribution in [0, 0.1) is 0 Å². The molecule has 0 atom stereocenters. The van der Waals surface area contributed by atoms with Gasteiger partial charge < -0.3 is 20.0 Å². The van der Waals surface area contributed by atoms with Crippen LogP contribution in [0.15, 0.2) is 29.3 Å². The number of unbranched alkanes of at least 4 members (excludes halogenated alkanes) is 1. The van der Waals surface area contributed by atoms with Crippen molar-refractivity contribution in [2.45, 2.75) is 32.7 Å². The molecule has 26 heavy (non-hydrogen) atoms. The van der Waals surface area contributed by atoms with Crippen molar-refractivity contribution in [1.29, 1.82) is 0 Å². The molecule has 1 aliphatic heterocycles. The molecule has 1 aromatic rings. The van der Waals surface area contributed by atoms with Gasteiger partial charge >= 0.3 is 0 Å². The van der Waals surface area contributed by atoms with E-state index in [9.17, 15) is 0 Å². The van der Waals surface area contributed by atoms with Gasteiger partial charge in [-0.2, -0.15) is 0 Å². The van der Waals surface area contributed by atoms with E-state index in [4.69, 9.17) is 11.6 Å². The maximum Gasteiger partial charge on any atom is 0.193 e. The molecule has 0 radical (unpaired) electrons. The molecule has 6 heteroatoms. The maximum absolute atomic E-state index is 6.12. The molecule has 0 unspecified atom stereocenters. The summed E-state index contributed by atoms with van der Waals surface area (Å²) >= 11 is 6.12. The normalized spacial score (nSPS) is 15.9. The predicted molar refractivity (Wildman–Crippen MR) is 114 cm³/mol. The van der Waals surface area contributed by atoms with Crippen LogP contribution >= 0.6 is 11.6 Å². The predicted octanol–water partition coefficient (Wildman–Crippen LogP) is 3.16. The van der Waals surface area contributed by atoms with E-state index in [1.54, 1.807) is 0 Å². The molecule has 1 heterocycles. The van der Waals surface area contributed by atoms with Gasteiger partial charge in [-0.3, -0.25) is 4.99 Å². The minimum absolute atomic E-state index is 0.617. The summed E-state index contributed by atoms with van der Waals surface area (Å²) in [6, 6.07) is 8.72. The molecule has 1 aromatic carbocycles. The molecular formula is C20H34ClN5. The highest BCUT2D eigenvalue weighted by Gasteiger charge is 2.19. The van der Waals surface area contributed by atoms with Gasteiger partial charge in [-0.15, -0.1) is 0 Å². The van der Waals surface area contributed by atoms with Crippen LogP contribution in [-0.4, -0.2) is 75.2 Å². The molecule has 0 aliphatic carbocycles. The molecule has 146 valence electrons. The van der Waals surface area contributed by atoms with E-state index in [1.807, 2.05) is 25.2 Å². The Morgan fingerprint density at radius 3 is 2.58 bits per heavy atom. The average Bonchev–Trinajstić information content (AvgIpc) is 2.64. The highest BCUT2D eigenvalue weighted by atomic mass is 35.5. The largest absolute Gasteiger partial charge is 0.368 e. The van der Waals surface area contributed by atoms with Gasteiger partial charge in [0, 0.05) is 56.5 Å². The quantitative estimate of drug-likeness (QED) is 0.448. The fraction of sp³-hybridized carbons (Fsp3) is 0.650. The second kappa shape index (κ2) is 10.6. The Balaban J connectivity index is 1.71. The minimum Gasteiger partial charge on any atom is -0.368 e. The van der Waals surface area contributed by atoms with Crippen LogP contribution in [0.2, 0.25) is 5.02 Å². The summed E-state index contributed by atoms with van der Waals surface area (Å²) in [5.41, 5.74) is 1.20. The average molecular weight is 380 g/mol. The molecule has 0 amide bonds. The number of nitrogens with one attached hydrogen (secondary N) is 1. The van der Waals surface area contributed by atoms with Crippen molar-refractivity contribution in [3.05, 3.63) is 29.3 Å². The van der Waals surface area contributed by atoms with Gasteiger partial charge in [0.05, 0.1) is 0 Å². The molecule has 0 spiro atoms. The van der Waals surface area contributed by atoms with Crippen LogP contribution in [-0.2, 0) is 0 Å². The monoisotopic (exact) mass is 379 g/mol. The molecule has 0 bridgehead atoms. The molecule has 0 saturated carbocycles. The summed E-state index contributed by atoms with van der Waals surface area (Å²) in [4.78, 5) is 11.6. The summed E-state index contributed by atoms with van der Waals surface area (Å²) in [6.07, 6.45) is 2.37. The van der Waals surface area contributed by atoms with Crippen LogP contribution < -0.4 is 10.2 Å². The molecule has 2 rings (SSSR count). The van der Waals surface area contributed by atoms with Gasteiger partial charge in [0.15, 0.2) is 5.96 Å². The number of piperazine rings is 1. The van der Waals surface area contributed by atoms with E-state index < -0.39 is 0 Å². The topological polar surface area (TPSA) is 34.1 Å². The molecular weight excluding hydrogens is 346 g/mol. The van der Waals surface area contributed by atoms with Gasteiger partial charge in [-0.25, -0.2) is 0 Å². The van der Waals surface area contributed by atoms with Crippen LogP contribution in [0.4, 0.5) is 5.69 Å². The lowest BCUT2D eigenvalue weighted by Crippen LogP contribution is -2.52. The van der Waals surface area contributed by atoms with Gasteiger partial charge in [0.25, 0.3) is 0 Å². The first-order chi connectivity index (χ1) is 12.5. The van der Waals surface area contributed by atoms with Crippen LogP contribution in [0.3, 0.4) is 0 Å². The highest BCUT2D eigenvalue weighted by Crippen LogP contribution is 2.20. The lowest BCUT2D eigenvalue weighted by Gasteiger charge is -2.37. The highest BCUT2D eigenvalue weighted by molar-refractivity contribution is 6.30. The van der Waals surface area contributed by atoms with Crippen LogP contribution in [0.5, 0.6) is 0 Å². The third-order valence-corrected chi connectivity index (χ3v) is 5.30. The molecule has 1 N–H and O–H groups in total. The van der Waals surface area contributed by atoms with Crippen molar-refractivity contribution in [3.8, 4) is 0 Å².